The van der Waals surface area contributed by atoms with Crippen LogP contribution in [0.2, 0.25) is 0 Å². The zero-order valence-corrected chi connectivity index (χ0v) is 12.8. The van der Waals surface area contributed by atoms with Gasteiger partial charge in [-0.1, -0.05) is 30.3 Å². The molecule has 0 bridgehead atoms. The highest BCUT2D eigenvalue weighted by Gasteiger charge is 2.14. The van der Waals surface area contributed by atoms with Gasteiger partial charge in [0, 0.05) is 17.5 Å². The highest BCUT2D eigenvalue weighted by molar-refractivity contribution is 7.17. The molecule has 0 fully saturated rings. The van der Waals surface area contributed by atoms with Crippen molar-refractivity contribution in [1.82, 2.24) is 9.97 Å². The van der Waals surface area contributed by atoms with Gasteiger partial charge >= 0.3 is 0 Å². The van der Waals surface area contributed by atoms with Crippen molar-refractivity contribution >= 4 is 27.4 Å². The van der Waals surface area contributed by atoms with Crippen LogP contribution in [0, 0.1) is 6.92 Å². The molecule has 0 spiro atoms. The predicted molar refractivity (Wildman–Crippen MR) is 87.8 cm³/mol. The van der Waals surface area contributed by atoms with E-state index in [-0.39, 0.29) is 0 Å². The summed E-state index contributed by atoms with van der Waals surface area (Å²) in [5, 5.41) is 15.9. The molecular weight excluding hydrogens is 282 g/mol. The van der Waals surface area contributed by atoms with Crippen LogP contribution in [0.15, 0.2) is 35.7 Å². The fourth-order valence-corrected chi connectivity index (χ4v) is 3.24. The quantitative estimate of drug-likeness (QED) is 0.774. The minimum atomic E-state index is -0.422. The Balaban J connectivity index is 2.14. The summed E-state index contributed by atoms with van der Waals surface area (Å²) in [5.41, 5.74) is 2.28. The largest absolute Gasteiger partial charge is 0.392 e. The first-order valence-electron chi connectivity index (χ1n) is 6.88. The SMILES string of the molecule is Cc1nc(NC[C@@H](C)O)c2c(-c3ccccc3)csc2n1. The van der Waals surface area contributed by atoms with Gasteiger partial charge in [-0.05, 0) is 19.4 Å². The van der Waals surface area contributed by atoms with Gasteiger partial charge in [0.2, 0.25) is 0 Å². The van der Waals surface area contributed by atoms with Gasteiger partial charge < -0.3 is 10.4 Å². The number of fused-ring (bicyclic) bond motifs is 1. The van der Waals surface area contributed by atoms with Crippen molar-refractivity contribution in [2.75, 3.05) is 11.9 Å². The summed E-state index contributed by atoms with van der Waals surface area (Å²) in [6, 6.07) is 10.2. The van der Waals surface area contributed by atoms with Crippen LogP contribution < -0.4 is 5.32 Å². The van der Waals surface area contributed by atoms with Crippen molar-refractivity contribution in [2.45, 2.75) is 20.0 Å². The van der Waals surface area contributed by atoms with Crippen LogP contribution in [0.5, 0.6) is 0 Å². The van der Waals surface area contributed by atoms with Crippen LogP contribution in [-0.4, -0.2) is 27.7 Å². The lowest BCUT2D eigenvalue weighted by Gasteiger charge is -2.10. The Morgan fingerprint density at radius 3 is 2.71 bits per heavy atom. The number of hydrogen-bond acceptors (Lipinski definition) is 5. The minimum absolute atomic E-state index is 0.422. The second kappa shape index (κ2) is 5.79. The summed E-state index contributed by atoms with van der Waals surface area (Å²) in [6.45, 7) is 4.11. The number of aliphatic hydroxyl groups excluding tert-OH is 1. The molecule has 2 heterocycles. The molecule has 0 aliphatic rings. The lowest BCUT2D eigenvalue weighted by atomic mass is 10.1. The number of nitrogens with one attached hydrogen (secondary N) is 1. The summed E-state index contributed by atoms with van der Waals surface area (Å²) < 4.78 is 0. The number of anilines is 1. The van der Waals surface area contributed by atoms with E-state index in [1.807, 2.05) is 25.1 Å². The van der Waals surface area contributed by atoms with E-state index in [2.05, 4.69) is 32.8 Å². The maximum Gasteiger partial charge on any atom is 0.139 e. The molecule has 0 amide bonds. The number of aromatic nitrogens is 2. The van der Waals surface area contributed by atoms with Crippen LogP contribution in [0.3, 0.4) is 0 Å². The van der Waals surface area contributed by atoms with Crippen molar-refractivity contribution in [2.24, 2.45) is 0 Å². The third-order valence-electron chi connectivity index (χ3n) is 3.20. The van der Waals surface area contributed by atoms with E-state index in [4.69, 9.17) is 0 Å². The van der Waals surface area contributed by atoms with E-state index >= 15 is 0 Å². The lowest BCUT2D eigenvalue weighted by molar-refractivity contribution is 0.208. The molecule has 1 atom stereocenters. The zero-order valence-electron chi connectivity index (χ0n) is 12.0. The molecule has 0 aliphatic carbocycles. The molecule has 0 aliphatic heterocycles. The predicted octanol–water partition coefficient (Wildman–Crippen LogP) is 3.46. The van der Waals surface area contributed by atoms with Crippen molar-refractivity contribution in [3.63, 3.8) is 0 Å². The summed E-state index contributed by atoms with van der Waals surface area (Å²) in [6.07, 6.45) is -0.422. The molecule has 0 saturated heterocycles. The van der Waals surface area contributed by atoms with E-state index in [0.717, 1.165) is 33.0 Å². The third kappa shape index (κ3) is 2.89. The Hall–Kier alpha value is -1.98. The maximum absolute atomic E-state index is 9.49. The first-order chi connectivity index (χ1) is 10.1. The van der Waals surface area contributed by atoms with Crippen molar-refractivity contribution in [1.29, 1.82) is 0 Å². The number of benzene rings is 1. The van der Waals surface area contributed by atoms with Crippen LogP contribution in [-0.2, 0) is 0 Å². The van der Waals surface area contributed by atoms with Gasteiger partial charge in [0.05, 0.1) is 11.5 Å². The molecule has 0 radical (unpaired) electrons. The van der Waals surface area contributed by atoms with Crippen LogP contribution in [0.25, 0.3) is 21.3 Å². The molecule has 108 valence electrons. The highest BCUT2D eigenvalue weighted by Crippen LogP contribution is 2.36. The number of thiophene rings is 1. The lowest BCUT2D eigenvalue weighted by Crippen LogP contribution is -2.16. The number of aryl methyl sites for hydroxylation is 1. The molecule has 21 heavy (non-hydrogen) atoms. The fraction of sp³-hybridized carbons (Fsp3) is 0.250. The monoisotopic (exact) mass is 299 g/mol. The molecule has 3 rings (SSSR count). The fourth-order valence-electron chi connectivity index (χ4n) is 2.25. The smallest absolute Gasteiger partial charge is 0.139 e. The maximum atomic E-state index is 9.49. The third-order valence-corrected chi connectivity index (χ3v) is 4.07. The normalized spacial score (nSPS) is 12.5. The van der Waals surface area contributed by atoms with Crippen molar-refractivity contribution in [3.05, 3.63) is 41.5 Å². The molecule has 5 heteroatoms. The van der Waals surface area contributed by atoms with Gasteiger partial charge in [-0.3, -0.25) is 0 Å². The standard InChI is InChI=1S/C16H17N3OS/c1-10(20)8-17-15-14-13(12-6-4-3-5-7-12)9-21-16(14)19-11(2)18-15/h3-7,9-10,20H,8H2,1-2H3,(H,17,18,19)/t10-/m1/s1. The second-order valence-electron chi connectivity index (χ2n) is 5.04. The van der Waals surface area contributed by atoms with Gasteiger partial charge in [-0.2, -0.15) is 0 Å². The van der Waals surface area contributed by atoms with Crippen molar-refractivity contribution < 1.29 is 5.11 Å². The Kier molecular flexibility index (Phi) is 3.86. The molecule has 4 nitrogen and oxygen atoms in total. The van der Waals surface area contributed by atoms with Gasteiger partial charge in [-0.25, -0.2) is 9.97 Å². The molecule has 0 unspecified atom stereocenters. The Bertz CT molecular complexity index is 753. The van der Waals surface area contributed by atoms with Gasteiger partial charge in [0.25, 0.3) is 0 Å². The van der Waals surface area contributed by atoms with Gasteiger partial charge in [-0.15, -0.1) is 11.3 Å². The summed E-state index contributed by atoms with van der Waals surface area (Å²) in [5.74, 6) is 1.52. The molecule has 2 aromatic heterocycles. The number of rotatable bonds is 4. The molecule has 0 saturated carbocycles. The van der Waals surface area contributed by atoms with Crippen LogP contribution >= 0.6 is 11.3 Å². The number of hydrogen-bond donors (Lipinski definition) is 2. The first kappa shape index (κ1) is 14.0. The summed E-state index contributed by atoms with van der Waals surface area (Å²) in [4.78, 5) is 9.99. The number of aliphatic hydroxyl groups is 1. The van der Waals surface area contributed by atoms with E-state index in [0.29, 0.717) is 6.54 Å². The Morgan fingerprint density at radius 1 is 1.24 bits per heavy atom. The molecule has 2 N–H and O–H groups in total. The van der Waals surface area contributed by atoms with Crippen LogP contribution in [0.4, 0.5) is 5.82 Å². The average Bonchev–Trinajstić information content (AvgIpc) is 2.89. The van der Waals surface area contributed by atoms with Gasteiger partial charge in [0.15, 0.2) is 0 Å². The molecular formula is C16H17N3OS. The molecule has 3 aromatic rings. The topological polar surface area (TPSA) is 58.0 Å². The second-order valence-corrected chi connectivity index (χ2v) is 5.90. The Morgan fingerprint density at radius 2 is 2.00 bits per heavy atom. The van der Waals surface area contributed by atoms with E-state index in [1.165, 1.54) is 0 Å². The van der Waals surface area contributed by atoms with Crippen molar-refractivity contribution in [3.8, 4) is 11.1 Å². The zero-order chi connectivity index (χ0) is 14.8. The van der Waals surface area contributed by atoms with E-state index in [1.54, 1.807) is 18.3 Å². The minimum Gasteiger partial charge on any atom is -0.392 e. The van der Waals surface area contributed by atoms with E-state index < -0.39 is 6.10 Å². The first-order valence-corrected chi connectivity index (χ1v) is 7.76. The molecule has 1 aromatic carbocycles. The van der Waals surface area contributed by atoms with E-state index in [9.17, 15) is 5.11 Å². The Labute approximate surface area is 127 Å². The highest BCUT2D eigenvalue weighted by atomic mass is 32.1. The number of nitrogens with zero attached hydrogens (tertiary/aromatic N) is 2. The average molecular weight is 299 g/mol. The summed E-state index contributed by atoms with van der Waals surface area (Å²) >= 11 is 1.62. The van der Waals surface area contributed by atoms with Gasteiger partial charge in [0.1, 0.15) is 16.5 Å². The summed E-state index contributed by atoms with van der Waals surface area (Å²) in [7, 11) is 0. The van der Waals surface area contributed by atoms with Crippen LogP contribution in [0.1, 0.15) is 12.7 Å².